The molecule has 1 N–H and O–H groups in total. The fourth-order valence-corrected chi connectivity index (χ4v) is 3.93. The summed E-state index contributed by atoms with van der Waals surface area (Å²) >= 11 is 4.87. The highest BCUT2D eigenvalue weighted by molar-refractivity contribution is 9.10. The van der Waals surface area contributed by atoms with E-state index < -0.39 is 0 Å². The summed E-state index contributed by atoms with van der Waals surface area (Å²) in [5, 5.41) is 3.88. The number of para-hydroxylation sites is 2. The van der Waals surface area contributed by atoms with Gasteiger partial charge in [-0.05, 0) is 36.8 Å². The van der Waals surface area contributed by atoms with Gasteiger partial charge >= 0.3 is 0 Å². The number of hydrogen-bond donors (Lipinski definition) is 1. The molecule has 7 heteroatoms. The van der Waals surface area contributed by atoms with Gasteiger partial charge in [-0.1, -0.05) is 52.0 Å². The Morgan fingerprint density at radius 2 is 2.00 bits per heavy atom. The van der Waals surface area contributed by atoms with E-state index in [1.54, 1.807) is 7.11 Å². The predicted octanol–water partition coefficient (Wildman–Crippen LogP) is 4.41. The maximum Gasteiger partial charge on any atom is 0.230 e. The van der Waals surface area contributed by atoms with Crippen molar-refractivity contribution in [1.82, 2.24) is 14.9 Å². The zero-order valence-electron chi connectivity index (χ0n) is 15.3. The molecular formula is C20H22BrN3O2S. The molecule has 0 spiro atoms. The van der Waals surface area contributed by atoms with E-state index in [1.165, 1.54) is 11.8 Å². The topological polar surface area (TPSA) is 56.1 Å². The number of amides is 1. The summed E-state index contributed by atoms with van der Waals surface area (Å²) in [6.45, 7) is 3.29. The number of thioether (sulfide) groups is 1. The molecule has 27 heavy (non-hydrogen) atoms. The van der Waals surface area contributed by atoms with Gasteiger partial charge in [-0.3, -0.25) is 4.79 Å². The summed E-state index contributed by atoms with van der Waals surface area (Å²) in [4.78, 5) is 17.1. The zero-order chi connectivity index (χ0) is 19.2. The lowest BCUT2D eigenvalue weighted by Gasteiger charge is -2.14. The van der Waals surface area contributed by atoms with Crippen LogP contribution in [0.3, 0.4) is 0 Å². The number of benzene rings is 2. The second kappa shape index (κ2) is 9.39. The molecule has 0 aliphatic carbocycles. The second-order valence-electron chi connectivity index (χ2n) is 6.16. The maximum atomic E-state index is 12.4. The highest BCUT2D eigenvalue weighted by Gasteiger charge is 2.14. The van der Waals surface area contributed by atoms with Gasteiger partial charge in [0.05, 0.1) is 29.4 Å². The number of carbonyl (C=O) groups excluding carboxylic acids is 1. The molecule has 5 nitrogen and oxygen atoms in total. The van der Waals surface area contributed by atoms with Crippen molar-refractivity contribution in [3.05, 3.63) is 58.6 Å². The third-order valence-corrected chi connectivity index (χ3v) is 5.72. The molecule has 0 aliphatic heterocycles. The smallest absolute Gasteiger partial charge is 0.230 e. The normalized spacial score (nSPS) is 12.3. The minimum absolute atomic E-state index is 0.0132. The average Bonchev–Trinajstić information content (AvgIpc) is 3.02. The van der Waals surface area contributed by atoms with Crippen LogP contribution in [0.1, 0.15) is 18.5 Å². The average molecular weight is 448 g/mol. The molecular weight excluding hydrogens is 426 g/mol. The fraction of sp³-hybridized carbons (Fsp3) is 0.300. The molecule has 0 fully saturated rings. The number of fused-ring (bicyclic) bond motifs is 1. The predicted molar refractivity (Wildman–Crippen MR) is 113 cm³/mol. The van der Waals surface area contributed by atoms with Crippen molar-refractivity contribution < 1.29 is 9.53 Å². The van der Waals surface area contributed by atoms with Gasteiger partial charge in [0.1, 0.15) is 0 Å². The summed E-state index contributed by atoms with van der Waals surface area (Å²) in [5.74, 6) is 0.303. The van der Waals surface area contributed by atoms with E-state index >= 15 is 0 Å². The Morgan fingerprint density at radius 3 is 2.74 bits per heavy atom. The van der Waals surface area contributed by atoms with E-state index in [9.17, 15) is 4.79 Å². The molecule has 1 heterocycles. The van der Waals surface area contributed by atoms with Gasteiger partial charge in [0.15, 0.2) is 5.16 Å². The summed E-state index contributed by atoms with van der Waals surface area (Å²) in [6.07, 6.45) is 0. The van der Waals surface area contributed by atoms with Gasteiger partial charge < -0.3 is 14.6 Å². The number of carbonyl (C=O) groups is 1. The minimum atomic E-state index is -0.0430. The van der Waals surface area contributed by atoms with E-state index in [4.69, 9.17) is 4.74 Å². The van der Waals surface area contributed by atoms with Crippen molar-refractivity contribution in [3.63, 3.8) is 0 Å². The standard InChI is InChI=1S/C20H22BrN3O2S/c1-14(15-7-9-16(21)10-8-15)22-19(25)13-27-20-23-17-5-3-4-6-18(17)24(20)11-12-26-2/h3-10,14H,11-13H2,1-2H3,(H,22,25). The van der Waals surface area contributed by atoms with Crippen LogP contribution in [0, 0.1) is 0 Å². The third kappa shape index (κ3) is 5.12. The lowest BCUT2D eigenvalue weighted by molar-refractivity contribution is -0.119. The molecule has 0 saturated carbocycles. The lowest BCUT2D eigenvalue weighted by atomic mass is 10.1. The number of halogens is 1. The van der Waals surface area contributed by atoms with E-state index in [2.05, 4.69) is 30.8 Å². The Kier molecular flexibility index (Phi) is 6.93. The molecule has 0 bridgehead atoms. The Morgan fingerprint density at radius 1 is 1.26 bits per heavy atom. The third-order valence-electron chi connectivity index (χ3n) is 4.22. The van der Waals surface area contributed by atoms with E-state index in [-0.39, 0.29) is 11.9 Å². The molecule has 1 unspecified atom stereocenters. The number of hydrogen-bond acceptors (Lipinski definition) is 4. The Hall–Kier alpha value is -1.83. The fourth-order valence-electron chi connectivity index (χ4n) is 2.81. The number of rotatable bonds is 8. The number of nitrogens with one attached hydrogen (secondary N) is 1. The van der Waals surface area contributed by atoms with Crippen LogP contribution in [-0.2, 0) is 16.1 Å². The molecule has 1 atom stereocenters. The first-order valence-electron chi connectivity index (χ1n) is 8.70. The highest BCUT2D eigenvalue weighted by Crippen LogP contribution is 2.24. The van der Waals surface area contributed by atoms with Crippen molar-refractivity contribution >= 4 is 44.6 Å². The van der Waals surface area contributed by atoms with Crippen LogP contribution >= 0.6 is 27.7 Å². The monoisotopic (exact) mass is 447 g/mol. The van der Waals surface area contributed by atoms with Crippen molar-refractivity contribution in [2.75, 3.05) is 19.5 Å². The van der Waals surface area contributed by atoms with Gasteiger partial charge in [-0.25, -0.2) is 4.98 Å². The molecule has 0 saturated heterocycles. The largest absolute Gasteiger partial charge is 0.383 e. The minimum Gasteiger partial charge on any atom is -0.383 e. The maximum absolute atomic E-state index is 12.4. The summed E-state index contributed by atoms with van der Waals surface area (Å²) in [6, 6.07) is 15.9. The van der Waals surface area contributed by atoms with Crippen LogP contribution in [0.25, 0.3) is 11.0 Å². The Labute approximate surface area is 171 Å². The summed E-state index contributed by atoms with van der Waals surface area (Å²) in [7, 11) is 1.68. The summed E-state index contributed by atoms with van der Waals surface area (Å²) in [5.41, 5.74) is 3.06. The zero-order valence-corrected chi connectivity index (χ0v) is 17.7. The summed E-state index contributed by atoms with van der Waals surface area (Å²) < 4.78 is 8.34. The molecule has 1 amide bonds. The molecule has 0 radical (unpaired) electrons. The van der Waals surface area contributed by atoms with Crippen molar-refractivity contribution in [3.8, 4) is 0 Å². The SMILES string of the molecule is COCCn1c(SCC(=O)NC(C)c2ccc(Br)cc2)nc2ccccc21. The number of aromatic nitrogens is 2. The van der Waals surface area contributed by atoms with Crippen LogP contribution in [-0.4, -0.2) is 34.9 Å². The molecule has 2 aromatic carbocycles. The number of methoxy groups -OCH3 is 1. The van der Waals surface area contributed by atoms with Gasteiger partial charge in [0.25, 0.3) is 0 Å². The van der Waals surface area contributed by atoms with Crippen molar-refractivity contribution in [2.45, 2.75) is 24.7 Å². The molecule has 3 rings (SSSR count). The molecule has 142 valence electrons. The molecule has 1 aromatic heterocycles. The first kappa shape index (κ1) is 19.9. The Bertz CT molecular complexity index is 911. The molecule has 3 aromatic rings. The van der Waals surface area contributed by atoms with Crippen LogP contribution in [0.2, 0.25) is 0 Å². The van der Waals surface area contributed by atoms with Crippen LogP contribution < -0.4 is 5.32 Å². The van der Waals surface area contributed by atoms with Crippen LogP contribution in [0.15, 0.2) is 58.2 Å². The van der Waals surface area contributed by atoms with E-state index in [1.807, 2.05) is 55.5 Å². The number of nitrogens with zero attached hydrogens (tertiary/aromatic N) is 2. The van der Waals surface area contributed by atoms with Gasteiger partial charge in [-0.15, -0.1) is 0 Å². The molecule has 0 aliphatic rings. The van der Waals surface area contributed by atoms with Crippen LogP contribution in [0.4, 0.5) is 0 Å². The lowest BCUT2D eigenvalue weighted by Crippen LogP contribution is -2.28. The Balaban J connectivity index is 1.65. The first-order chi connectivity index (χ1) is 13.1. The van der Waals surface area contributed by atoms with E-state index in [0.29, 0.717) is 18.9 Å². The quantitative estimate of drug-likeness (QED) is 0.519. The van der Waals surface area contributed by atoms with Crippen molar-refractivity contribution in [2.24, 2.45) is 0 Å². The van der Waals surface area contributed by atoms with Gasteiger partial charge in [-0.2, -0.15) is 0 Å². The van der Waals surface area contributed by atoms with Gasteiger partial charge in [0, 0.05) is 18.1 Å². The van der Waals surface area contributed by atoms with Crippen LogP contribution in [0.5, 0.6) is 0 Å². The number of imidazole rings is 1. The van der Waals surface area contributed by atoms with E-state index in [0.717, 1.165) is 26.2 Å². The second-order valence-corrected chi connectivity index (χ2v) is 8.02. The highest BCUT2D eigenvalue weighted by atomic mass is 79.9. The van der Waals surface area contributed by atoms with Crippen molar-refractivity contribution in [1.29, 1.82) is 0 Å². The number of ether oxygens (including phenoxy) is 1. The first-order valence-corrected chi connectivity index (χ1v) is 10.5. The van der Waals surface area contributed by atoms with Gasteiger partial charge in [0.2, 0.25) is 5.91 Å².